The second kappa shape index (κ2) is 17.7. The molecule has 0 heterocycles. The van der Waals surface area contributed by atoms with Gasteiger partial charge in [0, 0.05) is 19.3 Å². The van der Waals surface area contributed by atoms with E-state index in [9.17, 15) is 4.79 Å². The lowest BCUT2D eigenvalue weighted by atomic mass is 10.1. The maximum absolute atomic E-state index is 12.1. The van der Waals surface area contributed by atoms with Gasteiger partial charge in [0.25, 0.3) is 0 Å². The van der Waals surface area contributed by atoms with Crippen LogP contribution in [-0.4, -0.2) is 69.1 Å². The number of thioether (sulfide) groups is 1. The molecule has 29 heavy (non-hydrogen) atoms. The lowest BCUT2D eigenvalue weighted by Gasteiger charge is -2.48. The van der Waals surface area contributed by atoms with Crippen LogP contribution in [0, 0.1) is 0 Å². The predicted octanol–water partition coefficient (Wildman–Crippen LogP) is 5.24. The molecule has 0 saturated carbocycles. The quantitative estimate of drug-likeness (QED) is 0.153. The summed E-state index contributed by atoms with van der Waals surface area (Å²) < 4.78 is 12.5. The van der Waals surface area contributed by atoms with Gasteiger partial charge in [0.05, 0.1) is 0 Å². The molecule has 0 aliphatic carbocycles. The van der Waals surface area contributed by atoms with Crippen molar-refractivity contribution in [2.75, 3.05) is 39.0 Å². The third-order valence-electron chi connectivity index (χ3n) is 5.65. The molecular formula is C22H48N2O3SSi. The molecule has 0 rings (SSSR count). The van der Waals surface area contributed by atoms with E-state index >= 15 is 0 Å². The number of hydrogen-bond acceptors (Lipinski definition) is 6. The first-order valence-corrected chi connectivity index (χ1v) is 14.5. The Balaban J connectivity index is 4.49. The van der Waals surface area contributed by atoms with Crippen LogP contribution >= 0.6 is 11.8 Å². The summed E-state index contributed by atoms with van der Waals surface area (Å²) >= 11 is 1.49. The monoisotopic (exact) mass is 448 g/mol. The minimum Gasteiger partial charge on any atom is -0.400 e. The van der Waals surface area contributed by atoms with Crippen molar-refractivity contribution in [3.8, 4) is 0 Å². The van der Waals surface area contributed by atoms with Gasteiger partial charge in [-0.25, -0.2) is 0 Å². The van der Waals surface area contributed by atoms with Gasteiger partial charge in [-0.15, -0.1) is 0 Å². The molecule has 0 radical (unpaired) electrons. The lowest BCUT2D eigenvalue weighted by Crippen LogP contribution is -2.62. The molecule has 0 aromatic rings. The SMILES string of the molecule is CCCCCCCC(=O)SCCC[SiH](OC)OC(C)(N(CC)CC)N(CC)CC. The van der Waals surface area contributed by atoms with Crippen molar-refractivity contribution in [2.45, 2.75) is 98.4 Å². The Kier molecular flexibility index (Phi) is 17.8. The van der Waals surface area contributed by atoms with Crippen LogP contribution in [0.4, 0.5) is 0 Å². The van der Waals surface area contributed by atoms with E-state index in [2.05, 4.69) is 51.3 Å². The highest BCUT2D eigenvalue weighted by Crippen LogP contribution is 2.25. The van der Waals surface area contributed by atoms with E-state index in [-0.39, 0.29) is 0 Å². The largest absolute Gasteiger partial charge is 0.400 e. The average Bonchev–Trinajstić information content (AvgIpc) is 2.71. The first kappa shape index (κ1) is 29.1. The highest BCUT2D eigenvalue weighted by atomic mass is 32.2. The standard InChI is InChI=1S/C22H48N2O3SSi/c1-8-13-14-15-16-18-21(25)28-19-17-20-29(26-7)27-22(6,23(9-2)10-3)24(11-4)12-5/h29H,8-20H2,1-7H3. The fourth-order valence-electron chi connectivity index (χ4n) is 3.82. The normalized spacial score (nSPS) is 13.4. The molecule has 0 aromatic carbocycles. The van der Waals surface area contributed by atoms with Crippen LogP contribution in [0.15, 0.2) is 0 Å². The van der Waals surface area contributed by atoms with E-state index in [4.69, 9.17) is 8.85 Å². The second-order valence-corrected chi connectivity index (χ2v) is 10.9. The van der Waals surface area contributed by atoms with Crippen molar-refractivity contribution in [2.24, 2.45) is 0 Å². The topological polar surface area (TPSA) is 42.0 Å². The van der Waals surface area contributed by atoms with E-state index in [0.29, 0.717) is 5.12 Å². The van der Waals surface area contributed by atoms with Crippen molar-refractivity contribution in [3.05, 3.63) is 0 Å². The average molecular weight is 449 g/mol. The maximum atomic E-state index is 12.1. The van der Waals surface area contributed by atoms with Gasteiger partial charge in [0.1, 0.15) is 0 Å². The molecule has 174 valence electrons. The fraction of sp³-hybridized carbons (Fsp3) is 0.955. The third kappa shape index (κ3) is 11.3. The number of carbonyl (C=O) groups is 1. The highest BCUT2D eigenvalue weighted by Gasteiger charge is 2.38. The summed E-state index contributed by atoms with van der Waals surface area (Å²) in [5.74, 6) is 0.443. The smallest absolute Gasteiger partial charge is 0.323 e. The fourth-order valence-corrected chi connectivity index (χ4v) is 6.73. The van der Waals surface area contributed by atoms with Crippen LogP contribution in [0.5, 0.6) is 0 Å². The van der Waals surface area contributed by atoms with Gasteiger partial charge in [-0.2, -0.15) is 0 Å². The Morgan fingerprint density at radius 1 is 0.897 bits per heavy atom. The molecule has 1 atom stereocenters. The molecule has 0 bridgehead atoms. The maximum Gasteiger partial charge on any atom is 0.323 e. The summed E-state index contributed by atoms with van der Waals surface area (Å²) in [4.78, 5) is 16.8. The molecular weight excluding hydrogens is 400 g/mol. The van der Waals surface area contributed by atoms with Gasteiger partial charge in [0.15, 0.2) is 11.0 Å². The Bertz CT molecular complexity index is 396. The van der Waals surface area contributed by atoms with Crippen molar-refractivity contribution in [3.63, 3.8) is 0 Å². The predicted molar refractivity (Wildman–Crippen MR) is 130 cm³/mol. The van der Waals surface area contributed by atoms with Gasteiger partial charge in [-0.3, -0.25) is 14.6 Å². The summed E-state index contributed by atoms with van der Waals surface area (Å²) in [7, 11) is -0.0382. The van der Waals surface area contributed by atoms with Crippen molar-refractivity contribution in [1.29, 1.82) is 0 Å². The zero-order valence-corrected chi connectivity index (χ0v) is 22.3. The molecule has 0 aliphatic heterocycles. The zero-order valence-electron chi connectivity index (χ0n) is 20.3. The van der Waals surface area contributed by atoms with E-state index in [1.54, 1.807) is 7.11 Å². The molecule has 5 nitrogen and oxygen atoms in total. The van der Waals surface area contributed by atoms with Crippen LogP contribution in [0.3, 0.4) is 0 Å². The van der Waals surface area contributed by atoms with Crippen molar-refractivity contribution < 1.29 is 13.6 Å². The minimum atomic E-state index is -1.81. The van der Waals surface area contributed by atoms with Crippen molar-refractivity contribution >= 4 is 26.2 Å². The van der Waals surface area contributed by atoms with Gasteiger partial charge >= 0.3 is 9.28 Å². The number of unbranched alkanes of at least 4 members (excludes halogenated alkanes) is 4. The molecule has 0 N–H and O–H groups in total. The van der Waals surface area contributed by atoms with Gasteiger partial charge < -0.3 is 8.85 Å². The number of rotatable bonds is 19. The van der Waals surface area contributed by atoms with Crippen molar-refractivity contribution in [1.82, 2.24) is 9.80 Å². The third-order valence-corrected chi connectivity index (χ3v) is 8.78. The van der Waals surface area contributed by atoms with Gasteiger partial charge in [-0.1, -0.05) is 72.1 Å². The number of hydrogen-bond donors (Lipinski definition) is 0. The molecule has 1 unspecified atom stereocenters. The van der Waals surface area contributed by atoms with Crippen LogP contribution < -0.4 is 0 Å². The molecule has 7 heteroatoms. The zero-order chi connectivity index (χ0) is 22.1. The van der Waals surface area contributed by atoms with Gasteiger partial charge in [-0.05, 0) is 52.0 Å². The minimum absolute atomic E-state index is 0.342. The highest BCUT2D eigenvalue weighted by molar-refractivity contribution is 8.13. The Labute approximate surface area is 187 Å². The van der Waals surface area contributed by atoms with Crippen LogP contribution in [0.2, 0.25) is 6.04 Å². The first-order chi connectivity index (χ1) is 13.9. The van der Waals surface area contributed by atoms with E-state index in [1.807, 2.05) is 0 Å². The van der Waals surface area contributed by atoms with E-state index < -0.39 is 15.1 Å². The Morgan fingerprint density at radius 3 is 1.93 bits per heavy atom. The summed E-state index contributed by atoms with van der Waals surface area (Å²) in [5, 5.41) is 0.342. The Hall–Kier alpha value is 0.0769. The molecule has 0 aromatic heterocycles. The molecule has 0 spiro atoms. The van der Waals surface area contributed by atoms with Crippen LogP contribution in [-0.2, 0) is 13.6 Å². The molecule has 0 saturated heterocycles. The lowest BCUT2D eigenvalue weighted by molar-refractivity contribution is -0.188. The summed E-state index contributed by atoms with van der Waals surface area (Å²) in [6.07, 6.45) is 7.70. The molecule has 0 amide bonds. The molecule has 0 aliphatic rings. The van der Waals surface area contributed by atoms with Crippen LogP contribution in [0.1, 0.15) is 86.5 Å². The van der Waals surface area contributed by atoms with E-state index in [1.165, 1.54) is 37.4 Å². The van der Waals surface area contributed by atoms with Crippen LogP contribution in [0.25, 0.3) is 0 Å². The summed E-state index contributed by atoms with van der Waals surface area (Å²) in [5.41, 5.74) is 0. The second-order valence-electron chi connectivity index (χ2n) is 7.59. The first-order valence-electron chi connectivity index (χ1n) is 11.8. The number of carbonyl (C=O) groups excluding carboxylic acids is 1. The number of nitrogens with zero attached hydrogens (tertiary/aromatic N) is 2. The Morgan fingerprint density at radius 2 is 1.45 bits per heavy atom. The molecule has 0 fully saturated rings. The summed E-state index contributed by atoms with van der Waals surface area (Å²) in [6, 6.07) is 0.936. The summed E-state index contributed by atoms with van der Waals surface area (Å²) in [6.45, 7) is 16.9. The van der Waals surface area contributed by atoms with Gasteiger partial charge in [0.2, 0.25) is 0 Å². The van der Waals surface area contributed by atoms with E-state index in [0.717, 1.165) is 57.2 Å².